The normalized spacial score (nSPS) is 20.8. The number of nitrogens with zero attached hydrogens (tertiary/aromatic N) is 1. The second-order valence-corrected chi connectivity index (χ2v) is 5.01. The molecule has 3 nitrogen and oxygen atoms in total. The van der Waals surface area contributed by atoms with E-state index in [1.54, 1.807) is 0 Å². The van der Waals surface area contributed by atoms with Crippen LogP contribution in [0.3, 0.4) is 0 Å². The summed E-state index contributed by atoms with van der Waals surface area (Å²) in [6, 6.07) is 0. The molecule has 0 aromatic carbocycles. The molecule has 1 saturated heterocycles. The van der Waals surface area contributed by atoms with Gasteiger partial charge in [0.15, 0.2) is 0 Å². The highest BCUT2D eigenvalue weighted by Gasteiger charge is 2.27. The first-order chi connectivity index (χ1) is 7.77. The first-order valence-corrected chi connectivity index (χ1v) is 7.00. The van der Waals surface area contributed by atoms with Crippen molar-refractivity contribution in [1.29, 1.82) is 0 Å². The third-order valence-corrected chi connectivity index (χ3v) is 3.70. The van der Waals surface area contributed by atoms with Crippen LogP contribution in [0.5, 0.6) is 0 Å². The Bertz CT molecular complexity index is 211. The molecule has 1 unspecified atom stereocenters. The summed E-state index contributed by atoms with van der Waals surface area (Å²) in [7, 11) is 0. The van der Waals surface area contributed by atoms with Crippen molar-refractivity contribution in [3.05, 3.63) is 0 Å². The number of hydrogen-bond acceptors (Lipinski definition) is 3. The average Bonchev–Trinajstić information content (AvgIpc) is 2.65. The second-order valence-electron chi connectivity index (χ2n) is 4.65. The van der Waals surface area contributed by atoms with Crippen LogP contribution in [0.4, 0.5) is 0 Å². The molecule has 94 valence electrons. The average molecular weight is 244 g/mol. The van der Waals surface area contributed by atoms with Gasteiger partial charge in [-0.25, -0.2) is 0 Å². The minimum atomic E-state index is 0.320. The Hall–Kier alpha value is -0.220. The van der Waals surface area contributed by atoms with E-state index in [4.69, 9.17) is 5.73 Å². The first kappa shape index (κ1) is 13.8. The summed E-state index contributed by atoms with van der Waals surface area (Å²) in [5.74, 6) is 1.63. The molecule has 0 aromatic heterocycles. The Morgan fingerprint density at radius 3 is 2.56 bits per heavy atom. The molecule has 0 saturated carbocycles. The lowest BCUT2D eigenvalue weighted by atomic mass is 10.1. The van der Waals surface area contributed by atoms with Gasteiger partial charge < -0.3 is 10.6 Å². The SMILES string of the molecule is NCCCCCCCN1CC(CS)CC1=O. The van der Waals surface area contributed by atoms with Crippen molar-refractivity contribution in [3.8, 4) is 0 Å². The van der Waals surface area contributed by atoms with Crippen LogP contribution in [0.1, 0.15) is 38.5 Å². The molecular weight excluding hydrogens is 220 g/mol. The van der Waals surface area contributed by atoms with Crippen molar-refractivity contribution in [2.24, 2.45) is 11.7 Å². The van der Waals surface area contributed by atoms with E-state index in [1.165, 1.54) is 19.3 Å². The largest absolute Gasteiger partial charge is 0.342 e. The van der Waals surface area contributed by atoms with Crippen molar-refractivity contribution in [3.63, 3.8) is 0 Å². The molecule has 1 heterocycles. The maximum absolute atomic E-state index is 11.6. The van der Waals surface area contributed by atoms with Gasteiger partial charge in [0.05, 0.1) is 0 Å². The Labute approximate surface area is 104 Å². The Morgan fingerprint density at radius 1 is 1.25 bits per heavy atom. The predicted octanol–water partition coefficient (Wildman–Crippen LogP) is 1.67. The molecule has 4 heteroatoms. The van der Waals surface area contributed by atoms with Gasteiger partial charge in [-0.2, -0.15) is 12.6 Å². The van der Waals surface area contributed by atoms with E-state index in [0.717, 1.165) is 38.2 Å². The van der Waals surface area contributed by atoms with Crippen LogP contribution in [-0.2, 0) is 4.79 Å². The van der Waals surface area contributed by atoms with Crippen LogP contribution in [0.15, 0.2) is 0 Å². The molecule has 2 N–H and O–H groups in total. The molecule has 0 aromatic rings. The summed E-state index contributed by atoms with van der Waals surface area (Å²) in [5, 5.41) is 0. The number of carbonyl (C=O) groups is 1. The lowest BCUT2D eigenvalue weighted by Crippen LogP contribution is -2.26. The van der Waals surface area contributed by atoms with E-state index < -0.39 is 0 Å². The zero-order chi connectivity index (χ0) is 11.8. The number of likely N-dealkylation sites (tertiary alicyclic amines) is 1. The highest BCUT2D eigenvalue weighted by atomic mass is 32.1. The second kappa shape index (κ2) is 7.96. The zero-order valence-corrected chi connectivity index (χ0v) is 10.9. The van der Waals surface area contributed by atoms with Gasteiger partial charge in [-0.15, -0.1) is 0 Å². The van der Waals surface area contributed by atoms with E-state index in [2.05, 4.69) is 12.6 Å². The molecule has 1 fully saturated rings. The third kappa shape index (κ3) is 4.74. The molecule has 0 bridgehead atoms. The molecule has 0 radical (unpaired) electrons. The quantitative estimate of drug-likeness (QED) is 0.504. The van der Waals surface area contributed by atoms with Crippen LogP contribution in [-0.4, -0.2) is 36.2 Å². The Morgan fingerprint density at radius 2 is 1.94 bits per heavy atom. The lowest BCUT2D eigenvalue weighted by Gasteiger charge is -2.15. The molecule has 1 amide bonds. The predicted molar refractivity (Wildman–Crippen MR) is 70.7 cm³/mol. The number of nitrogens with two attached hydrogens (primary N) is 1. The highest BCUT2D eigenvalue weighted by Crippen LogP contribution is 2.19. The number of amides is 1. The van der Waals surface area contributed by atoms with Gasteiger partial charge in [-0.05, 0) is 31.1 Å². The van der Waals surface area contributed by atoms with Crippen molar-refractivity contribution >= 4 is 18.5 Å². The first-order valence-electron chi connectivity index (χ1n) is 6.36. The summed E-state index contributed by atoms with van der Waals surface area (Å²) in [6.07, 6.45) is 6.66. The highest BCUT2D eigenvalue weighted by molar-refractivity contribution is 7.80. The summed E-state index contributed by atoms with van der Waals surface area (Å²) < 4.78 is 0. The molecule has 0 aliphatic carbocycles. The van der Waals surface area contributed by atoms with Crippen LogP contribution in [0, 0.1) is 5.92 Å². The number of carbonyl (C=O) groups excluding carboxylic acids is 1. The van der Waals surface area contributed by atoms with Gasteiger partial charge in [0.1, 0.15) is 0 Å². The van der Waals surface area contributed by atoms with Gasteiger partial charge >= 0.3 is 0 Å². The van der Waals surface area contributed by atoms with E-state index in [1.807, 2.05) is 4.90 Å². The van der Waals surface area contributed by atoms with E-state index >= 15 is 0 Å². The van der Waals surface area contributed by atoms with Crippen LogP contribution >= 0.6 is 12.6 Å². The van der Waals surface area contributed by atoms with Gasteiger partial charge in [0, 0.05) is 19.5 Å². The summed E-state index contributed by atoms with van der Waals surface area (Å²) in [4.78, 5) is 13.6. The van der Waals surface area contributed by atoms with Crippen LogP contribution in [0.25, 0.3) is 0 Å². The van der Waals surface area contributed by atoms with E-state index in [9.17, 15) is 4.79 Å². The summed E-state index contributed by atoms with van der Waals surface area (Å²) >= 11 is 4.25. The van der Waals surface area contributed by atoms with Gasteiger partial charge in [-0.1, -0.05) is 19.3 Å². The van der Waals surface area contributed by atoms with Gasteiger partial charge in [0.25, 0.3) is 0 Å². The van der Waals surface area contributed by atoms with Gasteiger partial charge in [0.2, 0.25) is 5.91 Å². The van der Waals surface area contributed by atoms with Gasteiger partial charge in [-0.3, -0.25) is 4.79 Å². The van der Waals surface area contributed by atoms with E-state index in [0.29, 0.717) is 18.2 Å². The molecular formula is C12H24N2OS. The standard InChI is InChI=1S/C12H24N2OS/c13-6-4-2-1-3-5-7-14-9-11(10-16)8-12(14)15/h11,16H,1-10,13H2. The fourth-order valence-electron chi connectivity index (χ4n) is 2.17. The molecule has 1 atom stereocenters. The number of rotatable bonds is 8. The minimum Gasteiger partial charge on any atom is -0.342 e. The van der Waals surface area contributed by atoms with Crippen LogP contribution < -0.4 is 5.73 Å². The monoisotopic (exact) mass is 244 g/mol. The number of thiol groups is 1. The zero-order valence-electron chi connectivity index (χ0n) is 10.0. The van der Waals surface area contributed by atoms with Crippen molar-refractivity contribution in [2.75, 3.05) is 25.4 Å². The topological polar surface area (TPSA) is 46.3 Å². The fraction of sp³-hybridized carbons (Fsp3) is 0.917. The molecule has 1 aliphatic heterocycles. The maximum atomic E-state index is 11.6. The Kier molecular flexibility index (Phi) is 6.88. The van der Waals surface area contributed by atoms with Crippen molar-refractivity contribution < 1.29 is 4.79 Å². The molecule has 1 rings (SSSR count). The van der Waals surface area contributed by atoms with Crippen molar-refractivity contribution in [1.82, 2.24) is 4.90 Å². The maximum Gasteiger partial charge on any atom is 0.222 e. The molecule has 0 spiro atoms. The third-order valence-electron chi connectivity index (χ3n) is 3.18. The summed E-state index contributed by atoms with van der Waals surface area (Å²) in [5.41, 5.74) is 5.43. The minimum absolute atomic E-state index is 0.320. The van der Waals surface area contributed by atoms with Crippen LogP contribution in [0.2, 0.25) is 0 Å². The smallest absolute Gasteiger partial charge is 0.222 e. The van der Waals surface area contributed by atoms with Crippen molar-refractivity contribution in [2.45, 2.75) is 38.5 Å². The summed E-state index contributed by atoms with van der Waals surface area (Å²) in [6.45, 7) is 2.66. The molecule has 1 aliphatic rings. The molecule has 16 heavy (non-hydrogen) atoms. The Balaban J connectivity index is 2.03. The number of hydrogen-bond donors (Lipinski definition) is 2. The number of unbranched alkanes of at least 4 members (excludes halogenated alkanes) is 4. The lowest BCUT2D eigenvalue weighted by molar-refractivity contribution is -0.127. The fourth-order valence-corrected chi connectivity index (χ4v) is 2.41. The van der Waals surface area contributed by atoms with E-state index in [-0.39, 0.29) is 0 Å².